The fraction of sp³-hybridized carbons (Fsp3) is 0.577. The highest BCUT2D eigenvalue weighted by molar-refractivity contribution is 6.34. The number of hydrogen-bond acceptors (Lipinski definition) is 7. The van der Waals surface area contributed by atoms with Gasteiger partial charge in [-0.15, -0.1) is 0 Å². The summed E-state index contributed by atoms with van der Waals surface area (Å²) in [5, 5.41) is 13.3. The van der Waals surface area contributed by atoms with E-state index in [0.717, 1.165) is 37.2 Å². The van der Waals surface area contributed by atoms with Crippen molar-refractivity contribution in [3.05, 3.63) is 41.2 Å². The van der Waals surface area contributed by atoms with E-state index in [1.54, 1.807) is 13.8 Å². The first-order valence-corrected chi connectivity index (χ1v) is 12.6. The third kappa shape index (κ3) is 6.76. The van der Waals surface area contributed by atoms with Crippen molar-refractivity contribution < 1.29 is 19.4 Å². The predicted octanol–water partition coefficient (Wildman–Crippen LogP) is 3.81. The number of hydrogen-bond donors (Lipinski definition) is 2. The Morgan fingerprint density at radius 2 is 2.00 bits per heavy atom. The largest absolute Gasteiger partial charge is 0.493 e. The van der Waals surface area contributed by atoms with Crippen LogP contribution in [-0.2, 0) is 4.79 Å². The number of benzene rings is 1. The second-order valence-electron chi connectivity index (χ2n) is 10.4. The van der Waals surface area contributed by atoms with Gasteiger partial charge < -0.3 is 24.8 Å². The third-order valence-electron chi connectivity index (χ3n) is 6.58. The van der Waals surface area contributed by atoms with Gasteiger partial charge in [0.1, 0.15) is 23.7 Å². The highest BCUT2D eigenvalue weighted by Gasteiger charge is 2.35. The van der Waals surface area contributed by atoms with E-state index in [1.807, 2.05) is 31.2 Å². The quantitative estimate of drug-likeness (QED) is 0.510. The van der Waals surface area contributed by atoms with Crippen LogP contribution in [-0.4, -0.2) is 58.9 Å². The SMILES string of the molecule is CC(C(=O)NC1CC1C)c1ccc(OCC2CCN(c3ncnc(OCC(C)(C)O)c3Cl)C2)cc1. The van der Waals surface area contributed by atoms with Gasteiger partial charge in [-0.1, -0.05) is 30.7 Å². The molecule has 1 amide bonds. The lowest BCUT2D eigenvalue weighted by atomic mass is 10.0. The van der Waals surface area contributed by atoms with Crippen LogP contribution in [0.25, 0.3) is 0 Å². The van der Waals surface area contributed by atoms with Crippen molar-refractivity contribution in [2.75, 3.05) is 31.2 Å². The highest BCUT2D eigenvalue weighted by atomic mass is 35.5. The molecule has 4 rings (SSSR count). The zero-order valence-electron chi connectivity index (χ0n) is 20.8. The van der Waals surface area contributed by atoms with Gasteiger partial charge in [-0.2, -0.15) is 0 Å². The van der Waals surface area contributed by atoms with Gasteiger partial charge in [0.25, 0.3) is 0 Å². The van der Waals surface area contributed by atoms with Gasteiger partial charge in [-0.3, -0.25) is 4.79 Å². The summed E-state index contributed by atoms with van der Waals surface area (Å²) in [5.74, 6) is 2.50. The van der Waals surface area contributed by atoms with E-state index in [-0.39, 0.29) is 24.3 Å². The summed E-state index contributed by atoms with van der Waals surface area (Å²) in [5.41, 5.74) is -0.00104. The Hall–Kier alpha value is -2.58. The number of nitrogens with one attached hydrogen (secondary N) is 1. The molecule has 0 radical (unpaired) electrons. The van der Waals surface area contributed by atoms with Crippen LogP contribution in [0.4, 0.5) is 5.82 Å². The Morgan fingerprint density at radius 1 is 1.29 bits per heavy atom. The van der Waals surface area contributed by atoms with E-state index in [1.165, 1.54) is 6.33 Å². The number of carbonyl (C=O) groups is 1. The Bertz CT molecular complexity index is 1030. The van der Waals surface area contributed by atoms with Gasteiger partial charge in [0, 0.05) is 25.0 Å². The van der Waals surface area contributed by atoms with Gasteiger partial charge in [0.15, 0.2) is 5.82 Å². The molecule has 2 aromatic rings. The van der Waals surface area contributed by atoms with Crippen LogP contribution >= 0.6 is 11.6 Å². The molecule has 35 heavy (non-hydrogen) atoms. The second kappa shape index (κ2) is 10.6. The molecule has 4 atom stereocenters. The van der Waals surface area contributed by atoms with E-state index >= 15 is 0 Å². The fourth-order valence-corrected chi connectivity index (χ4v) is 4.39. The molecule has 2 aliphatic rings. The summed E-state index contributed by atoms with van der Waals surface area (Å²) in [4.78, 5) is 23.0. The number of nitrogens with zero attached hydrogens (tertiary/aromatic N) is 3. The van der Waals surface area contributed by atoms with Crippen LogP contribution in [0.2, 0.25) is 5.02 Å². The summed E-state index contributed by atoms with van der Waals surface area (Å²) in [6.07, 6.45) is 3.46. The Labute approximate surface area is 212 Å². The van der Waals surface area contributed by atoms with Gasteiger partial charge in [-0.05, 0) is 57.2 Å². The maximum absolute atomic E-state index is 12.4. The maximum Gasteiger partial charge on any atom is 0.238 e. The van der Waals surface area contributed by atoms with Crippen LogP contribution in [0.15, 0.2) is 30.6 Å². The zero-order valence-corrected chi connectivity index (χ0v) is 21.6. The molecule has 1 aliphatic heterocycles. The fourth-order valence-electron chi connectivity index (χ4n) is 4.12. The first-order chi connectivity index (χ1) is 16.6. The van der Waals surface area contributed by atoms with Crippen molar-refractivity contribution in [3.63, 3.8) is 0 Å². The summed E-state index contributed by atoms with van der Waals surface area (Å²) in [7, 11) is 0. The molecule has 2 N–H and O–H groups in total. The van der Waals surface area contributed by atoms with Crippen LogP contribution < -0.4 is 19.7 Å². The first-order valence-electron chi connectivity index (χ1n) is 12.2. The number of halogens is 1. The summed E-state index contributed by atoms with van der Waals surface area (Å²) in [6.45, 7) is 9.64. The standard InChI is InChI=1S/C26H35ClN4O4/c1-16-11-21(16)30-24(32)17(2)19-5-7-20(8-6-19)34-13-18-9-10-31(12-18)23-22(27)25(29-15-28-23)35-14-26(3,4)33/h5-8,15-18,21,33H,9-14H2,1-4H3,(H,30,32). The Kier molecular flexibility index (Phi) is 7.71. The molecule has 1 saturated heterocycles. The van der Waals surface area contributed by atoms with Crippen LogP contribution in [0.1, 0.15) is 52.0 Å². The number of ether oxygens (including phenoxy) is 2. The molecule has 8 nitrogen and oxygen atoms in total. The summed E-state index contributed by atoms with van der Waals surface area (Å²) < 4.78 is 11.6. The van der Waals surface area contributed by atoms with Crippen molar-refractivity contribution in [2.45, 2.75) is 58.1 Å². The number of anilines is 1. The number of aliphatic hydroxyl groups is 1. The van der Waals surface area contributed by atoms with Crippen LogP contribution in [0, 0.1) is 11.8 Å². The maximum atomic E-state index is 12.4. The van der Waals surface area contributed by atoms with Gasteiger partial charge in [0.2, 0.25) is 11.8 Å². The molecule has 9 heteroatoms. The van der Waals surface area contributed by atoms with E-state index < -0.39 is 5.60 Å². The predicted molar refractivity (Wildman–Crippen MR) is 135 cm³/mol. The molecule has 1 aliphatic carbocycles. The van der Waals surface area contributed by atoms with Crippen molar-refractivity contribution in [1.29, 1.82) is 0 Å². The van der Waals surface area contributed by atoms with Crippen molar-refractivity contribution in [1.82, 2.24) is 15.3 Å². The average molecular weight is 503 g/mol. The van der Waals surface area contributed by atoms with Gasteiger partial charge in [0.05, 0.1) is 18.1 Å². The lowest BCUT2D eigenvalue weighted by Crippen LogP contribution is -2.30. The van der Waals surface area contributed by atoms with Crippen molar-refractivity contribution in [3.8, 4) is 11.6 Å². The smallest absolute Gasteiger partial charge is 0.238 e. The molecule has 0 bridgehead atoms. The monoisotopic (exact) mass is 502 g/mol. The third-order valence-corrected chi connectivity index (χ3v) is 6.91. The number of amides is 1. The molecule has 4 unspecified atom stereocenters. The minimum absolute atomic E-state index is 0.0797. The number of rotatable bonds is 10. The van der Waals surface area contributed by atoms with Crippen LogP contribution in [0.5, 0.6) is 11.6 Å². The topological polar surface area (TPSA) is 96.8 Å². The lowest BCUT2D eigenvalue weighted by Gasteiger charge is -2.21. The average Bonchev–Trinajstić information content (AvgIpc) is 3.30. The first kappa shape index (κ1) is 25.5. The summed E-state index contributed by atoms with van der Waals surface area (Å²) >= 11 is 6.51. The minimum atomic E-state index is -0.984. The van der Waals surface area contributed by atoms with Gasteiger partial charge in [-0.25, -0.2) is 9.97 Å². The highest BCUT2D eigenvalue weighted by Crippen LogP contribution is 2.34. The Morgan fingerprint density at radius 3 is 2.66 bits per heavy atom. The molecule has 2 fully saturated rings. The molecular formula is C26H35ClN4O4. The summed E-state index contributed by atoms with van der Waals surface area (Å²) in [6, 6.07) is 8.13. The van der Waals surface area contributed by atoms with Crippen molar-refractivity contribution >= 4 is 23.3 Å². The molecule has 0 spiro atoms. The van der Waals surface area contributed by atoms with Crippen LogP contribution in [0.3, 0.4) is 0 Å². The normalized spacial score (nSPS) is 22.6. The van der Waals surface area contributed by atoms with E-state index in [4.69, 9.17) is 21.1 Å². The Balaban J connectivity index is 1.27. The molecule has 1 aromatic carbocycles. The molecule has 190 valence electrons. The second-order valence-corrected chi connectivity index (χ2v) is 10.8. The molecule has 1 saturated carbocycles. The van der Waals surface area contributed by atoms with E-state index in [0.29, 0.717) is 35.3 Å². The molecule has 2 heterocycles. The zero-order chi connectivity index (χ0) is 25.2. The molecule has 1 aromatic heterocycles. The van der Waals surface area contributed by atoms with Crippen molar-refractivity contribution in [2.24, 2.45) is 11.8 Å². The van der Waals surface area contributed by atoms with E-state index in [9.17, 15) is 9.90 Å². The number of aromatic nitrogens is 2. The number of carbonyl (C=O) groups excluding carboxylic acids is 1. The minimum Gasteiger partial charge on any atom is -0.493 e. The van der Waals surface area contributed by atoms with Gasteiger partial charge >= 0.3 is 0 Å². The van der Waals surface area contributed by atoms with E-state index in [2.05, 4.69) is 27.1 Å². The molecular weight excluding hydrogens is 468 g/mol. The lowest BCUT2D eigenvalue weighted by molar-refractivity contribution is -0.122.